The van der Waals surface area contributed by atoms with Crippen LogP contribution in [0.3, 0.4) is 0 Å². The van der Waals surface area contributed by atoms with E-state index in [9.17, 15) is 14.6 Å². The topological polar surface area (TPSA) is 66.5 Å². The summed E-state index contributed by atoms with van der Waals surface area (Å²) in [6.45, 7) is 0. The summed E-state index contributed by atoms with van der Waals surface area (Å²) in [4.78, 5) is 0. The Labute approximate surface area is 94.2 Å². The quantitative estimate of drug-likeness (QED) is 0.671. The summed E-state index contributed by atoms with van der Waals surface area (Å²) >= 11 is 3.10. The normalized spacial score (nSPS) is 25.3. The predicted octanol–water partition coefficient (Wildman–Crippen LogP) is 1.47. The van der Waals surface area contributed by atoms with Crippen LogP contribution in [0.1, 0.15) is 23.3 Å². The maximum absolute atomic E-state index is 13.0. The second-order valence-corrected chi connectivity index (χ2v) is 4.24. The van der Waals surface area contributed by atoms with Crippen LogP contribution in [0.25, 0.3) is 0 Å². The molecule has 0 heterocycles. The first-order valence-electron chi connectivity index (χ1n) is 4.33. The van der Waals surface area contributed by atoms with E-state index in [1.54, 1.807) is 0 Å². The fraction of sp³-hybridized carbons (Fsp3) is 0.200. The molecule has 2 unspecified atom stereocenters. The number of benzene rings is 1. The fourth-order valence-electron chi connectivity index (χ4n) is 1.62. The van der Waals surface area contributed by atoms with Crippen molar-refractivity contribution in [1.82, 2.24) is 0 Å². The number of fused-ring (bicyclic) bond motifs is 1. The lowest BCUT2D eigenvalue weighted by Crippen LogP contribution is -2.21. The van der Waals surface area contributed by atoms with Crippen LogP contribution in [-0.2, 0) is 0 Å². The Hall–Kier alpha value is -0.910. The van der Waals surface area contributed by atoms with Crippen molar-refractivity contribution in [3.05, 3.63) is 45.3 Å². The van der Waals surface area contributed by atoms with E-state index < -0.39 is 18.0 Å². The first-order chi connectivity index (χ1) is 7.02. The molecule has 2 rings (SSSR count). The smallest absolute Gasteiger partial charge is 0.123 e. The van der Waals surface area contributed by atoms with Gasteiger partial charge in [-0.2, -0.15) is 0 Å². The predicted molar refractivity (Wildman–Crippen MR) is 56.5 cm³/mol. The molecular formula is C10H9BrFNO2. The lowest BCUT2D eigenvalue weighted by atomic mass is 9.90. The van der Waals surface area contributed by atoms with Crippen LogP contribution in [0.5, 0.6) is 0 Å². The fourth-order valence-corrected chi connectivity index (χ4v) is 2.09. The highest BCUT2D eigenvalue weighted by molar-refractivity contribution is 9.11. The van der Waals surface area contributed by atoms with E-state index in [2.05, 4.69) is 15.9 Å². The van der Waals surface area contributed by atoms with Gasteiger partial charge in [-0.3, -0.25) is 0 Å². The summed E-state index contributed by atoms with van der Waals surface area (Å²) in [5.74, 6) is -0.467. The third-order valence-electron chi connectivity index (χ3n) is 2.45. The van der Waals surface area contributed by atoms with Gasteiger partial charge in [-0.25, -0.2) is 4.39 Å². The Morgan fingerprint density at radius 1 is 1.20 bits per heavy atom. The van der Waals surface area contributed by atoms with Gasteiger partial charge in [-0.15, -0.1) is 0 Å². The highest BCUT2D eigenvalue weighted by Gasteiger charge is 2.30. The Kier molecular flexibility index (Phi) is 2.54. The number of hydrogen-bond acceptors (Lipinski definition) is 3. The molecule has 0 spiro atoms. The molecular weight excluding hydrogens is 265 g/mol. The number of hydrogen-bond donors (Lipinski definition) is 3. The van der Waals surface area contributed by atoms with E-state index in [1.807, 2.05) is 0 Å². The number of halogens is 2. The van der Waals surface area contributed by atoms with E-state index in [-0.39, 0.29) is 5.70 Å². The van der Waals surface area contributed by atoms with Crippen molar-refractivity contribution in [1.29, 1.82) is 0 Å². The Morgan fingerprint density at radius 2 is 1.87 bits per heavy atom. The molecule has 0 saturated heterocycles. The van der Waals surface area contributed by atoms with Crippen LogP contribution >= 0.6 is 15.9 Å². The molecule has 0 aliphatic heterocycles. The lowest BCUT2D eigenvalue weighted by Gasteiger charge is -2.26. The maximum atomic E-state index is 13.0. The standard InChI is InChI=1S/C10H9BrFNO2/c11-7-8(13)10(15)6-3-4(12)1-2-5(6)9(7)14/h1-3,9-10,14-15H,13H2. The molecule has 0 amide bonds. The molecule has 15 heavy (non-hydrogen) atoms. The van der Waals surface area contributed by atoms with Crippen molar-refractivity contribution >= 4 is 15.9 Å². The highest BCUT2D eigenvalue weighted by atomic mass is 79.9. The Morgan fingerprint density at radius 3 is 2.53 bits per heavy atom. The summed E-state index contributed by atoms with van der Waals surface area (Å²) in [5, 5.41) is 19.5. The molecule has 0 fully saturated rings. The summed E-state index contributed by atoms with van der Waals surface area (Å²) in [7, 11) is 0. The number of aliphatic hydroxyl groups excluding tert-OH is 2. The largest absolute Gasteiger partial charge is 0.399 e. The SMILES string of the molecule is NC1=C(Br)C(O)c2ccc(F)cc2C1O. The van der Waals surface area contributed by atoms with Crippen LogP contribution < -0.4 is 5.73 Å². The minimum atomic E-state index is -1.08. The molecule has 0 radical (unpaired) electrons. The van der Waals surface area contributed by atoms with Gasteiger partial charge in [0.1, 0.15) is 18.0 Å². The summed E-state index contributed by atoms with van der Waals surface area (Å²) in [5.41, 5.74) is 6.46. The molecule has 4 N–H and O–H groups in total. The molecule has 1 aliphatic carbocycles. The van der Waals surface area contributed by atoms with Crippen molar-refractivity contribution in [2.45, 2.75) is 12.2 Å². The van der Waals surface area contributed by atoms with E-state index >= 15 is 0 Å². The molecule has 3 nitrogen and oxygen atoms in total. The molecule has 5 heteroatoms. The van der Waals surface area contributed by atoms with Crippen molar-refractivity contribution < 1.29 is 14.6 Å². The minimum absolute atomic E-state index is 0.112. The third-order valence-corrected chi connectivity index (χ3v) is 3.34. The first-order valence-corrected chi connectivity index (χ1v) is 5.12. The van der Waals surface area contributed by atoms with Crippen LogP contribution in [0.2, 0.25) is 0 Å². The van der Waals surface area contributed by atoms with Gasteiger partial charge in [0.25, 0.3) is 0 Å². The average Bonchev–Trinajstić information content (AvgIpc) is 2.23. The van der Waals surface area contributed by atoms with Crippen LogP contribution in [0.15, 0.2) is 28.4 Å². The highest BCUT2D eigenvalue weighted by Crippen LogP contribution is 2.40. The molecule has 2 atom stereocenters. The zero-order valence-electron chi connectivity index (χ0n) is 7.61. The monoisotopic (exact) mass is 273 g/mol. The van der Waals surface area contributed by atoms with Crippen molar-refractivity contribution in [3.8, 4) is 0 Å². The first kappa shape index (κ1) is 10.6. The Balaban J connectivity index is 2.62. The maximum Gasteiger partial charge on any atom is 0.123 e. The van der Waals surface area contributed by atoms with Crippen LogP contribution in [0.4, 0.5) is 4.39 Å². The van der Waals surface area contributed by atoms with Crippen molar-refractivity contribution in [2.24, 2.45) is 5.73 Å². The van der Waals surface area contributed by atoms with E-state index in [4.69, 9.17) is 5.73 Å². The summed E-state index contributed by atoms with van der Waals surface area (Å²) < 4.78 is 13.3. The number of rotatable bonds is 0. The molecule has 0 saturated carbocycles. The zero-order chi connectivity index (χ0) is 11.2. The number of nitrogens with two attached hydrogens (primary N) is 1. The number of aliphatic hydroxyl groups is 2. The minimum Gasteiger partial charge on any atom is -0.399 e. The van der Waals surface area contributed by atoms with Crippen molar-refractivity contribution in [3.63, 3.8) is 0 Å². The average molecular weight is 274 g/mol. The van der Waals surface area contributed by atoms with Gasteiger partial charge in [-0.05, 0) is 23.3 Å². The molecule has 1 aromatic carbocycles. The summed E-state index contributed by atoms with van der Waals surface area (Å²) in [6, 6.07) is 3.85. The van der Waals surface area contributed by atoms with Gasteiger partial charge in [0, 0.05) is 4.48 Å². The zero-order valence-corrected chi connectivity index (χ0v) is 9.20. The van der Waals surface area contributed by atoms with E-state index in [0.29, 0.717) is 15.6 Å². The third kappa shape index (κ3) is 1.56. The molecule has 1 aromatic rings. The Bertz CT molecular complexity index is 447. The van der Waals surface area contributed by atoms with E-state index in [0.717, 1.165) is 0 Å². The van der Waals surface area contributed by atoms with Gasteiger partial charge in [0.15, 0.2) is 0 Å². The van der Waals surface area contributed by atoms with Crippen LogP contribution in [0, 0.1) is 5.82 Å². The van der Waals surface area contributed by atoms with Crippen molar-refractivity contribution in [2.75, 3.05) is 0 Å². The molecule has 0 bridgehead atoms. The van der Waals surface area contributed by atoms with Gasteiger partial charge in [-0.1, -0.05) is 22.0 Å². The second kappa shape index (κ2) is 3.59. The lowest BCUT2D eigenvalue weighted by molar-refractivity contribution is 0.174. The van der Waals surface area contributed by atoms with Crippen LogP contribution in [-0.4, -0.2) is 10.2 Å². The van der Waals surface area contributed by atoms with Gasteiger partial charge < -0.3 is 15.9 Å². The molecule has 80 valence electrons. The van der Waals surface area contributed by atoms with Gasteiger partial charge in [0.05, 0.1) is 5.70 Å². The van der Waals surface area contributed by atoms with E-state index in [1.165, 1.54) is 18.2 Å². The summed E-state index contributed by atoms with van der Waals surface area (Å²) in [6.07, 6.45) is -2.02. The molecule has 1 aliphatic rings. The van der Waals surface area contributed by atoms with Gasteiger partial charge >= 0.3 is 0 Å². The second-order valence-electron chi connectivity index (χ2n) is 3.38. The van der Waals surface area contributed by atoms with Gasteiger partial charge in [0.2, 0.25) is 0 Å². The molecule has 0 aromatic heterocycles.